The zero-order valence-electron chi connectivity index (χ0n) is 14.6. The highest BCUT2D eigenvalue weighted by Crippen LogP contribution is 2.27. The third-order valence-electron chi connectivity index (χ3n) is 4.41. The first-order valence-electron chi connectivity index (χ1n) is 8.58. The Morgan fingerprint density at radius 1 is 1.07 bits per heavy atom. The number of carbonyl (C=O) groups is 2. The Bertz CT molecular complexity index is 911. The van der Waals surface area contributed by atoms with Gasteiger partial charge in [-0.15, -0.1) is 0 Å². The van der Waals surface area contributed by atoms with Gasteiger partial charge in [-0.2, -0.15) is 0 Å². The van der Waals surface area contributed by atoms with Gasteiger partial charge in [-0.25, -0.2) is 8.78 Å². The number of benzene rings is 2. The molecule has 2 aromatic carbocycles. The molecule has 1 fully saturated rings. The van der Waals surface area contributed by atoms with Crippen molar-refractivity contribution in [1.29, 1.82) is 0 Å². The number of rotatable bonds is 5. The van der Waals surface area contributed by atoms with Gasteiger partial charge in [0.25, 0.3) is 0 Å². The Kier molecular flexibility index (Phi) is 6.49. The van der Waals surface area contributed by atoms with Crippen LogP contribution in [0.5, 0.6) is 0 Å². The van der Waals surface area contributed by atoms with Crippen molar-refractivity contribution in [3.63, 3.8) is 0 Å². The zero-order chi connectivity index (χ0) is 20.3. The van der Waals surface area contributed by atoms with Crippen molar-refractivity contribution in [1.82, 2.24) is 4.90 Å². The summed E-state index contributed by atoms with van der Waals surface area (Å²) in [6, 6.07) is 7.12. The number of nitrogens with zero attached hydrogens (tertiary/aromatic N) is 1. The molecule has 1 atom stereocenters. The van der Waals surface area contributed by atoms with Gasteiger partial charge >= 0.3 is 0 Å². The van der Waals surface area contributed by atoms with Crippen LogP contribution in [0.3, 0.4) is 0 Å². The lowest BCUT2D eigenvalue weighted by molar-refractivity contribution is -0.122. The average molecular weight is 428 g/mol. The van der Waals surface area contributed by atoms with Crippen LogP contribution in [-0.2, 0) is 9.59 Å². The van der Waals surface area contributed by atoms with Gasteiger partial charge in [0, 0.05) is 11.1 Å². The number of halogens is 4. The van der Waals surface area contributed by atoms with Crippen LogP contribution in [0.4, 0.5) is 20.2 Å². The highest BCUT2D eigenvalue weighted by atomic mass is 35.5. The maximum absolute atomic E-state index is 13.7. The molecular weight excluding hydrogens is 411 g/mol. The summed E-state index contributed by atoms with van der Waals surface area (Å²) >= 11 is 11.9. The van der Waals surface area contributed by atoms with Crippen LogP contribution in [0.15, 0.2) is 36.4 Å². The first-order chi connectivity index (χ1) is 13.3. The second kappa shape index (κ2) is 8.86. The van der Waals surface area contributed by atoms with Gasteiger partial charge in [0.1, 0.15) is 11.6 Å². The lowest BCUT2D eigenvalue weighted by Crippen LogP contribution is -2.43. The fourth-order valence-electron chi connectivity index (χ4n) is 3.08. The maximum Gasteiger partial charge on any atom is 0.241 e. The molecule has 1 unspecified atom stereocenters. The van der Waals surface area contributed by atoms with Gasteiger partial charge in [-0.05, 0) is 49.7 Å². The molecule has 2 aromatic rings. The van der Waals surface area contributed by atoms with E-state index in [4.69, 9.17) is 23.2 Å². The molecule has 2 amide bonds. The van der Waals surface area contributed by atoms with Crippen LogP contribution in [0.25, 0.3) is 0 Å². The van der Waals surface area contributed by atoms with E-state index in [9.17, 15) is 18.4 Å². The number of likely N-dealkylation sites (tertiary alicyclic amines) is 1. The van der Waals surface area contributed by atoms with Crippen LogP contribution in [0.2, 0.25) is 10.0 Å². The van der Waals surface area contributed by atoms with Crippen LogP contribution < -0.4 is 10.6 Å². The summed E-state index contributed by atoms with van der Waals surface area (Å²) in [7, 11) is 0. The molecule has 0 aliphatic carbocycles. The molecule has 0 spiro atoms. The molecule has 1 heterocycles. The van der Waals surface area contributed by atoms with Gasteiger partial charge in [-0.3, -0.25) is 14.5 Å². The Hall–Kier alpha value is -2.22. The van der Waals surface area contributed by atoms with Crippen molar-refractivity contribution in [3.8, 4) is 0 Å². The molecule has 1 saturated heterocycles. The summed E-state index contributed by atoms with van der Waals surface area (Å²) in [5, 5.41) is 5.91. The molecule has 0 aromatic heterocycles. The van der Waals surface area contributed by atoms with Crippen molar-refractivity contribution >= 4 is 46.4 Å². The van der Waals surface area contributed by atoms with Crippen LogP contribution in [0, 0.1) is 11.6 Å². The van der Waals surface area contributed by atoms with Gasteiger partial charge in [0.2, 0.25) is 11.8 Å². The standard InChI is InChI=1S/C19H17Cl2F2N3O2/c20-11-3-5-15(13(21)8-11)25-19(28)17-2-1-7-26(17)10-18(27)24-16-6-4-12(22)9-14(16)23/h3-6,8-9,17H,1-2,7,10H2,(H,24,27)(H,25,28). The van der Waals surface area contributed by atoms with E-state index in [1.165, 1.54) is 6.07 Å². The smallest absolute Gasteiger partial charge is 0.241 e. The lowest BCUT2D eigenvalue weighted by atomic mass is 10.2. The van der Waals surface area contributed by atoms with Crippen molar-refractivity contribution in [3.05, 3.63) is 58.1 Å². The van der Waals surface area contributed by atoms with Crippen LogP contribution in [-0.4, -0.2) is 35.8 Å². The minimum atomic E-state index is -0.860. The third-order valence-corrected chi connectivity index (χ3v) is 4.96. The third kappa shape index (κ3) is 4.98. The molecule has 5 nitrogen and oxygen atoms in total. The monoisotopic (exact) mass is 427 g/mol. The predicted octanol–water partition coefficient (Wildman–Crippen LogP) is 4.31. The molecule has 9 heteroatoms. The Morgan fingerprint density at radius 2 is 1.82 bits per heavy atom. The highest BCUT2D eigenvalue weighted by Gasteiger charge is 2.32. The van der Waals surface area contributed by atoms with Gasteiger partial charge < -0.3 is 10.6 Å². The summed E-state index contributed by atoms with van der Waals surface area (Å²) in [6.45, 7) is 0.453. The Morgan fingerprint density at radius 3 is 2.54 bits per heavy atom. The maximum atomic E-state index is 13.7. The minimum Gasteiger partial charge on any atom is -0.323 e. The number of hydrogen-bond donors (Lipinski definition) is 2. The summed E-state index contributed by atoms with van der Waals surface area (Å²) < 4.78 is 26.6. The molecule has 28 heavy (non-hydrogen) atoms. The second-order valence-corrected chi connectivity index (χ2v) is 7.26. The first-order valence-corrected chi connectivity index (χ1v) is 9.34. The van der Waals surface area contributed by atoms with Gasteiger partial charge in [0.15, 0.2) is 0 Å². The van der Waals surface area contributed by atoms with E-state index in [-0.39, 0.29) is 18.1 Å². The molecular formula is C19H17Cl2F2N3O2. The van der Waals surface area contributed by atoms with E-state index < -0.39 is 23.6 Å². The SMILES string of the molecule is O=C(CN1CCCC1C(=O)Nc1ccc(Cl)cc1Cl)Nc1ccc(F)cc1F. The van der Waals surface area contributed by atoms with Crippen LogP contribution in [0.1, 0.15) is 12.8 Å². The quantitative estimate of drug-likeness (QED) is 0.746. The molecule has 148 valence electrons. The number of anilines is 2. The molecule has 2 N–H and O–H groups in total. The zero-order valence-corrected chi connectivity index (χ0v) is 16.2. The molecule has 1 aliphatic rings. The molecule has 3 rings (SSSR count). The van der Waals surface area contributed by atoms with E-state index in [1.807, 2.05) is 0 Å². The van der Waals surface area contributed by atoms with Crippen molar-refractivity contribution < 1.29 is 18.4 Å². The van der Waals surface area contributed by atoms with E-state index in [0.717, 1.165) is 18.6 Å². The lowest BCUT2D eigenvalue weighted by Gasteiger charge is -2.23. The van der Waals surface area contributed by atoms with Crippen molar-refractivity contribution in [2.75, 3.05) is 23.7 Å². The summed E-state index contributed by atoms with van der Waals surface area (Å²) in [5.41, 5.74) is 0.320. The normalized spacial score (nSPS) is 16.8. The largest absolute Gasteiger partial charge is 0.323 e. The van der Waals surface area contributed by atoms with Crippen LogP contribution >= 0.6 is 23.2 Å². The second-order valence-electron chi connectivity index (χ2n) is 6.41. The molecule has 0 radical (unpaired) electrons. The fourth-order valence-corrected chi connectivity index (χ4v) is 3.54. The van der Waals surface area contributed by atoms with E-state index in [1.54, 1.807) is 17.0 Å². The summed E-state index contributed by atoms with van der Waals surface area (Å²) in [4.78, 5) is 26.6. The summed E-state index contributed by atoms with van der Waals surface area (Å²) in [6.07, 6.45) is 1.32. The molecule has 1 aliphatic heterocycles. The number of hydrogen-bond acceptors (Lipinski definition) is 3. The Balaban J connectivity index is 1.62. The number of carbonyl (C=O) groups excluding carboxylic acids is 2. The van der Waals surface area contributed by atoms with Crippen molar-refractivity contribution in [2.24, 2.45) is 0 Å². The number of amides is 2. The first kappa shape index (κ1) is 20.5. The van der Waals surface area contributed by atoms with Gasteiger partial charge in [0.05, 0.1) is 29.0 Å². The fraction of sp³-hybridized carbons (Fsp3) is 0.263. The average Bonchev–Trinajstić information content (AvgIpc) is 3.08. The Labute approximate surface area is 170 Å². The highest BCUT2D eigenvalue weighted by molar-refractivity contribution is 6.36. The molecule has 0 bridgehead atoms. The van der Waals surface area contributed by atoms with E-state index in [0.29, 0.717) is 34.8 Å². The van der Waals surface area contributed by atoms with Gasteiger partial charge in [-0.1, -0.05) is 23.2 Å². The minimum absolute atomic E-state index is 0.0940. The molecule has 0 saturated carbocycles. The van der Waals surface area contributed by atoms with Crippen molar-refractivity contribution in [2.45, 2.75) is 18.9 Å². The van der Waals surface area contributed by atoms with E-state index >= 15 is 0 Å². The topological polar surface area (TPSA) is 61.4 Å². The number of nitrogens with one attached hydrogen (secondary N) is 2. The predicted molar refractivity (Wildman–Crippen MR) is 105 cm³/mol. The summed E-state index contributed by atoms with van der Waals surface area (Å²) in [5.74, 6) is -2.37. The van der Waals surface area contributed by atoms with E-state index in [2.05, 4.69) is 10.6 Å².